The largest absolute Gasteiger partial charge is 0.375 e. The first-order valence-electron chi connectivity index (χ1n) is 8.29. The second kappa shape index (κ2) is 6.95. The van der Waals surface area contributed by atoms with Gasteiger partial charge in [-0.2, -0.15) is 0 Å². The standard InChI is InChI=1S/C17H22N4OS/c1-3-14(23-10-1)12-21-8-9-22-16-13(4-5-15(16)21)11-20-17-18-6-2-7-19-17/h1-3,6-7,10,13,15-16H,4-5,8-9,11-12H2,(H,18,19,20)/t13-,15+,16-/m0/s1. The van der Waals surface area contributed by atoms with Crippen molar-refractivity contribution in [3.05, 3.63) is 40.8 Å². The molecule has 1 N–H and O–H groups in total. The van der Waals surface area contributed by atoms with Crippen molar-refractivity contribution in [2.45, 2.75) is 31.5 Å². The van der Waals surface area contributed by atoms with Crippen LogP contribution in [0.2, 0.25) is 0 Å². The summed E-state index contributed by atoms with van der Waals surface area (Å²) in [5.41, 5.74) is 0. The lowest BCUT2D eigenvalue weighted by atomic mass is 10.0. The first kappa shape index (κ1) is 15.1. The monoisotopic (exact) mass is 330 g/mol. The van der Waals surface area contributed by atoms with Gasteiger partial charge in [0.05, 0.1) is 12.7 Å². The summed E-state index contributed by atoms with van der Waals surface area (Å²) in [5.74, 6) is 1.25. The zero-order valence-electron chi connectivity index (χ0n) is 13.1. The maximum atomic E-state index is 6.13. The lowest BCUT2D eigenvalue weighted by Gasteiger charge is -2.39. The number of hydrogen-bond donors (Lipinski definition) is 1. The molecule has 23 heavy (non-hydrogen) atoms. The fraction of sp³-hybridized carbons (Fsp3) is 0.529. The molecular weight excluding hydrogens is 308 g/mol. The Morgan fingerprint density at radius 3 is 3.00 bits per heavy atom. The highest BCUT2D eigenvalue weighted by Crippen LogP contribution is 2.35. The van der Waals surface area contributed by atoms with Gasteiger partial charge < -0.3 is 10.1 Å². The van der Waals surface area contributed by atoms with E-state index in [-0.39, 0.29) is 0 Å². The zero-order valence-corrected chi connectivity index (χ0v) is 13.9. The average Bonchev–Trinajstić information content (AvgIpc) is 3.24. The quantitative estimate of drug-likeness (QED) is 0.913. The number of nitrogens with zero attached hydrogens (tertiary/aromatic N) is 3. The number of nitrogens with one attached hydrogen (secondary N) is 1. The van der Waals surface area contributed by atoms with Gasteiger partial charge in [0.2, 0.25) is 5.95 Å². The van der Waals surface area contributed by atoms with Crippen molar-refractivity contribution >= 4 is 17.3 Å². The molecule has 2 aromatic heterocycles. The molecule has 122 valence electrons. The smallest absolute Gasteiger partial charge is 0.222 e. The molecule has 0 bridgehead atoms. The van der Waals surface area contributed by atoms with Crippen LogP contribution in [0, 0.1) is 5.92 Å². The number of ether oxygens (including phenoxy) is 1. The summed E-state index contributed by atoms with van der Waals surface area (Å²) < 4.78 is 6.13. The van der Waals surface area contributed by atoms with Crippen molar-refractivity contribution < 1.29 is 4.74 Å². The molecule has 1 saturated heterocycles. The van der Waals surface area contributed by atoms with Gasteiger partial charge in [-0.05, 0) is 30.4 Å². The summed E-state index contributed by atoms with van der Waals surface area (Å²) in [6.07, 6.45) is 6.30. The molecule has 6 heteroatoms. The second-order valence-corrected chi connectivity index (χ2v) is 7.28. The fourth-order valence-corrected chi connectivity index (χ4v) is 4.50. The Labute approximate surface area is 140 Å². The highest BCUT2D eigenvalue weighted by molar-refractivity contribution is 7.09. The number of hydrogen-bond acceptors (Lipinski definition) is 6. The average molecular weight is 330 g/mol. The Hall–Kier alpha value is -1.50. The van der Waals surface area contributed by atoms with Crippen molar-refractivity contribution in [2.75, 3.05) is 25.0 Å². The van der Waals surface area contributed by atoms with Crippen LogP contribution >= 0.6 is 11.3 Å². The van der Waals surface area contributed by atoms with Crippen LogP contribution in [-0.2, 0) is 11.3 Å². The first-order chi connectivity index (χ1) is 11.4. The van der Waals surface area contributed by atoms with E-state index < -0.39 is 0 Å². The van der Waals surface area contributed by atoms with Crippen LogP contribution in [0.1, 0.15) is 17.7 Å². The SMILES string of the molecule is c1cnc(NC[C@@H]2CC[C@@H]3[C@H]2OCCN3Cc2cccs2)nc1. The molecule has 0 amide bonds. The molecule has 0 radical (unpaired) electrons. The first-order valence-corrected chi connectivity index (χ1v) is 9.17. The molecule has 3 heterocycles. The molecule has 2 aromatic rings. The van der Waals surface area contributed by atoms with Crippen LogP contribution in [0.25, 0.3) is 0 Å². The van der Waals surface area contributed by atoms with Crippen molar-refractivity contribution in [2.24, 2.45) is 5.92 Å². The van der Waals surface area contributed by atoms with E-state index in [4.69, 9.17) is 4.74 Å². The van der Waals surface area contributed by atoms with E-state index in [0.717, 1.165) is 26.2 Å². The molecule has 2 fully saturated rings. The number of morpholine rings is 1. The van der Waals surface area contributed by atoms with Gasteiger partial charge in [-0.3, -0.25) is 4.90 Å². The summed E-state index contributed by atoms with van der Waals surface area (Å²) in [6.45, 7) is 3.83. The summed E-state index contributed by atoms with van der Waals surface area (Å²) in [4.78, 5) is 12.5. The molecule has 4 rings (SSSR count). The van der Waals surface area contributed by atoms with E-state index >= 15 is 0 Å². The molecule has 1 aliphatic heterocycles. The van der Waals surface area contributed by atoms with Crippen molar-refractivity contribution in [3.8, 4) is 0 Å². The van der Waals surface area contributed by atoms with Gasteiger partial charge in [0, 0.05) is 48.9 Å². The number of anilines is 1. The molecule has 2 aliphatic rings. The Balaban J connectivity index is 1.37. The van der Waals surface area contributed by atoms with Crippen molar-refractivity contribution in [3.63, 3.8) is 0 Å². The van der Waals surface area contributed by atoms with Crippen LogP contribution in [0.15, 0.2) is 36.0 Å². The van der Waals surface area contributed by atoms with Crippen LogP contribution in [0.3, 0.4) is 0 Å². The molecule has 0 aromatic carbocycles. The van der Waals surface area contributed by atoms with E-state index in [1.807, 2.05) is 17.4 Å². The lowest BCUT2D eigenvalue weighted by Crippen LogP contribution is -2.50. The number of rotatable bonds is 5. The van der Waals surface area contributed by atoms with Crippen LogP contribution in [0.4, 0.5) is 5.95 Å². The number of fused-ring (bicyclic) bond motifs is 1. The van der Waals surface area contributed by atoms with E-state index in [1.165, 1.54) is 17.7 Å². The molecule has 0 spiro atoms. The Morgan fingerprint density at radius 1 is 1.26 bits per heavy atom. The van der Waals surface area contributed by atoms with Gasteiger partial charge in [-0.1, -0.05) is 6.07 Å². The predicted octanol–water partition coefficient (Wildman–Crippen LogP) is 2.63. The molecule has 1 saturated carbocycles. The van der Waals surface area contributed by atoms with Gasteiger partial charge in [-0.15, -0.1) is 11.3 Å². The molecule has 1 aliphatic carbocycles. The second-order valence-electron chi connectivity index (χ2n) is 6.24. The molecule has 3 atom stereocenters. The van der Waals surface area contributed by atoms with E-state index in [0.29, 0.717) is 24.0 Å². The van der Waals surface area contributed by atoms with Gasteiger partial charge in [0.25, 0.3) is 0 Å². The number of thiophene rings is 1. The van der Waals surface area contributed by atoms with Gasteiger partial charge in [0.15, 0.2) is 0 Å². The maximum absolute atomic E-state index is 6.13. The third kappa shape index (κ3) is 3.39. The minimum Gasteiger partial charge on any atom is -0.375 e. The third-order valence-electron chi connectivity index (χ3n) is 4.86. The Bertz CT molecular complexity index is 606. The predicted molar refractivity (Wildman–Crippen MR) is 91.5 cm³/mol. The van der Waals surface area contributed by atoms with Gasteiger partial charge in [-0.25, -0.2) is 9.97 Å². The lowest BCUT2D eigenvalue weighted by molar-refractivity contribution is -0.0742. The maximum Gasteiger partial charge on any atom is 0.222 e. The Morgan fingerprint density at radius 2 is 2.17 bits per heavy atom. The molecular formula is C17H22N4OS. The van der Waals surface area contributed by atoms with Gasteiger partial charge in [0.1, 0.15) is 0 Å². The summed E-state index contributed by atoms with van der Waals surface area (Å²) in [7, 11) is 0. The van der Waals surface area contributed by atoms with Crippen molar-refractivity contribution in [1.29, 1.82) is 0 Å². The summed E-state index contributed by atoms with van der Waals surface area (Å²) >= 11 is 1.85. The van der Waals surface area contributed by atoms with Gasteiger partial charge >= 0.3 is 0 Å². The number of aromatic nitrogens is 2. The summed E-state index contributed by atoms with van der Waals surface area (Å²) in [5, 5.41) is 5.52. The molecule has 5 nitrogen and oxygen atoms in total. The third-order valence-corrected chi connectivity index (χ3v) is 5.72. The van der Waals surface area contributed by atoms with Crippen LogP contribution < -0.4 is 5.32 Å². The Kier molecular flexibility index (Phi) is 4.55. The fourth-order valence-electron chi connectivity index (χ4n) is 3.77. The molecule has 0 unspecified atom stereocenters. The minimum absolute atomic E-state index is 0.333. The summed E-state index contributed by atoms with van der Waals surface area (Å²) in [6, 6.07) is 6.76. The zero-order chi connectivity index (χ0) is 15.5. The topological polar surface area (TPSA) is 50.3 Å². The van der Waals surface area contributed by atoms with E-state index in [1.54, 1.807) is 12.4 Å². The normalized spacial score (nSPS) is 27.7. The minimum atomic E-state index is 0.333. The van der Waals surface area contributed by atoms with E-state index in [9.17, 15) is 0 Å². The van der Waals surface area contributed by atoms with Crippen molar-refractivity contribution in [1.82, 2.24) is 14.9 Å². The van der Waals surface area contributed by atoms with E-state index in [2.05, 4.69) is 37.7 Å². The highest BCUT2D eigenvalue weighted by atomic mass is 32.1. The van der Waals surface area contributed by atoms with Crippen LogP contribution in [-0.4, -0.2) is 46.7 Å². The highest BCUT2D eigenvalue weighted by Gasteiger charge is 2.42. The van der Waals surface area contributed by atoms with Crippen LogP contribution in [0.5, 0.6) is 0 Å².